The molecule has 0 saturated carbocycles. The minimum absolute atomic E-state index is 0.683. The predicted molar refractivity (Wildman–Crippen MR) is 99.3 cm³/mol. The summed E-state index contributed by atoms with van der Waals surface area (Å²) in [6, 6.07) is 10.0. The fourth-order valence-electron chi connectivity index (χ4n) is 2.22. The van der Waals surface area contributed by atoms with E-state index < -0.39 is 0 Å². The molecule has 23 heavy (non-hydrogen) atoms. The first-order valence-electron chi connectivity index (χ1n) is 7.15. The zero-order chi connectivity index (χ0) is 16.2. The van der Waals surface area contributed by atoms with E-state index in [1.165, 1.54) is 4.88 Å². The van der Waals surface area contributed by atoms with Gasteiger partial charge in [0.2, 0.25) is 0 Å². The molecule has 0 radical (unpaired) electrons. The summed E-state index contributed by atoms with van der Waals surface area (Å²) in [5, 5.41) is 12.5. The van der Waals surface area contributed by atoms with Crippen LogP contribution in [0.5, 0.6) is 0 Å². The molecule has 1 aromatic carbocycles. The quantitative estimate of drug-likeness (QED) is 0.432. The molecule has 0 spiro atoms. The Bertz CT molecular complexity index is 823. The lowest BCUT2D eigenvalue weighted by Gasteiger charge is -2.07. The van der Waals surface area contributed by atoms with E-state index in [9.17, 15) is 0 Å². The van der Waals surface area contributed by atoms with Crippen LogP contribution in [0.25, 0.3) is 11.4 Å². The summed E-state index contributed by atoms with van der Waals surface area (Å²) in [6.45, 7) is 6.62. The third-order valence-electron chi connectivity index (χ3n) is 3.33. The number of hydrogen-bond donors (Lipinski definition) is 0. The second-order valence-electron chi connectivity index (χ2n) is 5.03. The second kappa shape index (κ2) is 7.34. The molecule has 0 fully saturated rings. The Morgan fingerprint density at radius 1 is 1.35 bits per heavy atom. The molecule has 0 aliphatic heterocycles. The third kappa shape index (κ3) is 3.68. The van der Waals surface area contributed by atoms with Crippen LogP contribution in [-0.4, -0.2) is 14.8 Å². The van der Waals surface area contributed by atoms with Gasteiger partial charge < -0.3 is 0 Å². The van der Waals surface area contributed by atoms with Gasteiger partial charge in [-0.3, -0.25) is 4.57 Å². The van der Waals surface area contributed by atoms with Crippen LogP contribution in [0.2, 0.25) is 5.02 Å². The summed E-state index contributed by atoms with van der Waals surface area (Å²) in [4.78, 5) is 1.26. The summed E-state index contributed by atoms with van der Waals surface area (Å²) < 4.78 is 2.09. The summed E-state index contributed by atoms with van der Waals surface area (Å²) in [6.07, 6.45) is 1.87. The number of allylic oxidation sites excluding steroid dienone is 1. The lowest BCUT2D eigenvalue weighted by atomic mass is 10.2. The molecule has 6 heteroatoms. The maximum Gasteiger partial charge on any atom is 0.192 e. The van der Waals surface area contributed by atoms with Crippen molar-refractivity contribution in [3.05, 3.63) is 63.8 Å². The molecule has 2 aromatic heterocycles. The Morgan fingerprint density at radius 2 is 2.17 bits per heavy atom. The maximum atomic E-state index is 6.22. The number of nitrogens with zero attached hydrogens (tertiary/aromatic N) is 3. The van der Waals surface area contributed by atoms with E-state index in [-0.39, 0.29) is 0 Å². The van der Waals surface area contributed by atoms with Crippen LogP contribution in [0.4, 0.5) is 0 Å². The van der Waals surface area contributed by atoms with E-state index in [1.807, 2.05) is 30.3 Å². The Balaban J connectivity index is 1.86. The lowest BCUT2D eigenvalue weighted by molar-refractivity contribution is 0.731. The van der Waals surface area contributed by atoms with E-state index in [4.69, 9.17) is 11.6 Å². The second-order valence-corrected chi connectivity index (χ2v) is 7.50. The van der Waals surface area contributed by atoms with Gasteiger partial charge in [0.1, 0.15) is 0 Å². The number of aromatic nitrogens is 3. The van der Waals surface area contributed by atoms with Gasteiger partial charge in [-0.15, -0.1) is 28.1 Å². The number of halogens is 1. The number of thioether (sulfide) groups is 1. The summed E-state index contributed by atoms with van der Waals surface area (Å²) in [7, 11) is 0. The highest BCUT2D eigenvalue weighted by molar-refractivity contribution is 7.98. The van der Waals surface area contributed by atoms with Crippen molar-refractivity contribution in [1.29, 1.82) is 0 Å². The predicted octanol–water partition coefficient (Wildman–Crippen LogP) is 5.45. The smallest absolute Gasteiger partial charge is 0.192 e. The molecule has 0 aliphatic carbocycles. The molecule has 3 aromatic rings. The first-order valence-corrected chi connectivity index (χ1v) is 9.39. The van der Waals surface area contributed by atoms with E-state index >= 15 is 0 Å². The van der Waals surface area contributed by atoms with Gasteiger partial charge in [-0.1, -0.05) is 47.6 Å². The molecule has 0 unspecified atom stereocenters. The summed E-state index contributed by atoms with van der Waals surface area (Å²) in [5.41, 5.74) is 2.20. The van der Waals surface area contributed by atoms with Crippen molar-refractivity contribution in [1.82, 2.24) is 14.8 Å². The Hall–Kier alpha value is -1.56. The first kappa shape index (κ1) is 16.3. The topological polar surface area (TPSA) is 30.7 Å². The normalized spacial score (nSPS) is 10.9. The fourth-order valence-corrected chi connectivity index (χ4v) is 4.14. The van der Waals surface area contributed by atoms with Crippen LogP contribution in [0.15, 0.2) is 53.5 Å². The summed E-state index contributed by atoms with van der Waals surface area (Å²) in [5.74, 6) is 1.65. The van der Waals surface area contributed by atoms with Gasteiger partial charge in [0, 0.05) is 33.1 Å². The van der Waals surface area contributed by atoms with Gasteiger partial charge in [-0.25, -0.2) is 0 Å². The van der Waals surface area contributed by atoms with Gasteiger partial charge in [-0.2, -0.15) is 0 Å². The van der Waals surface area contributed by atoms with Gasteiger partial charge in [-0.05, 0) is 24.6 Å². The van der Waals surface area contributed by atoms with E-state index in [2.05, 4.69) is 39.7 Å². The molecule has 0 aliphatic rings. The van der Waals surface area contributed by atoms with Crippen molar-refractivity contribution >= 4 is 34.7 Å². The zero-order valence-corrected chi connectivity index (χ0v) is 15.1. The van der Waals surface area contributed by atoms with Crippen LogP contribution in [0, 0.1) is 6.92 Å². The van der Waals surface area contributed by atoms with Crippen molar-refractivity contribution in [3.63, 3.8) is 0 Å². The summed E-state index contributed by atoms with van der Waals surface area (Å²) >= 11 is 9.58. The van der Waals surface area contributed by atoms with Crippen molar-refractivity contribution in [2.75, 3.05) is 0 Å². The Labute approximate surface area is 149 Å². The number of benzene rings is 1. The highest BCUT2D eigenvalue weighted by Gasteiger charge is 2.15. The average molecular weight is 362 g/mol. The van der Waals surface area contributed by atoms with E-state index in [0.29, 0.717) is 6.54 Å². The van der Waals surface area contributed by atoms with Crippen LogP contribution in [-0.2, 0) is 12.3 Å². The molecular formula is C17H16ClN3S2. The Morgan fingerprint density at radius 3 is 2.87 bits per heavy atom. The molecule has 3 nitrogen and oxygen atoms in total. The zero-order valence-electron chi connectivity index (χ0n) is 12.7. The van der Waals surface area contributed by atoms with E-state index in [1.54, 1.807) is 23.1 Å². The molecule has 0 saturated heterocycles. The molecule has 0 amide bonds. The monoisotopic (exact) mass is 361 g/mol. The average Bonchev–Trinajstić information content (AvgIpc) is 3.13. The molecule has 118 valence electrons. The van der Waals surface area contributed by atoms with Gasteiger partial charge in [0.05, 0.1) is 0 Å². The fraction of sp³-hybridized carbons (Fsp3) is 0.176. The van der Waals surface area contributed by atoms with Crippen molar-refractivity contribution in [3.8, 4) is 11.4 Å². The molecular weight excluding hydrogens is 346 g/mol. The van der Waals surface area contributed by atoms with Gasteiger partial charge in [0.15, 0.2) is 11.0 Å². The van der Waals surface area contributed by atoms with Crippen LogP contribution in [0.1, 0.15) is 10.4 Å². The molecule has 2 heterocycles. The number of aryl methyl sites for hydroxylation is 1. The van der Waals surface area contributed by atoms with Gasteiger partial charge in [0.25, 0.3) is 0 Å². The molecule has 0 atom stereocenters. The minimum atomic E-state index is 0.683. The number of thiophene rings is 1. The number of hydrogen-bond acceptors (Lipinski definition) is 4. The highest BCUT2D eigenvalue weighted by atomic mass is 35.5. The molecule has 0 bridgehead atoms. The van der Waals surface area contributed by atoms with Crippen LogP contribution < -0.4 is 0 Å². The van der Waals surface area contributed by atoms with Crippen molar-refractivity contribution < 1.29 is 0 Å². The minimum Gasteiger partial charge on any atom is -0.298 e. The maximum absolute atomic E-state index is 6.22. The SMILES string of the molecule is C=CCn1c(SCc2ccccc2Cl)nnc1-c1csc(C)c1. The van der Waals surface area contributed by atoms with Crippen LogP contribution >= 0.6 is 34.7 Å². The van der Waals surface area contributed by atoms with Crippen molar-refractivity contribution in [2.45, 2.75) is 24.4 Å². The molecule has 3 rings (SSSR count). The van der Waals surface area contributed by atoms with Gasteiger partial charge >= 0.3 is 0 Å². The number of rotatable bonds is 6. The standard InChI is InChI=1S/C17H16ClN3S2/c1-3-8-21-16(14-9-12(2)22-11-14)19-20-17(21)23-10-13-6-4-5-7-15(13)18/h3-7,9,11H,1,8,10H2,2H3. The third-order valence-corrected chi connectivity index (χ3v) is 5.58. The lowest BCUT2D eigenvalue weighted by Crippen LogP contribution is -2.00. The van der Waals surface area contributed by atoms with Crippen molar-refractivity contribution in [2.24, 2.45) is 0 Å². The highest BCUT2D eigenvalue weighted by Crippen LogP contribution is 2.30. The Kier molecular flexibility index (Phi) is 5.20. The first-order chi connectivity index (χ1) is 11.2. The molecule has 0 N–H and O–H groups in total. The van der Waals surface area contributed by atoms with Crippen LogP contribution in [0.3, 0.4) is 0 Å². The largest absolute Gasteiger partial charge is 0.298 e. The van der Waals surface area contributed by atoms with E-state index in [0.717, 1.165) is 32.9 Å².